The molecule has 0 atom stereocenters. The molecule has 9 heteroatoms. The SMILES string of the molecule is Cc1ccc(NS(=O)(=O)c2cc(C(=O)NCc3cccc(C(F)(F)F)c3)ccc2C)cc1. The third-order valence-electron chi connectivity index (χ3n) is 4.75. The number of benzene rings is 3. The number of hydrogen-bond donors (Lipinski definition) is 2. The number of carbonyl (C=O) groups excluding carboxylic acids is 1. The first-order chi connectivity index (χ1) is 15.0. The van der Waals surface area contributed by atoms with Crippen LogP contribution in [0.3, 0.4) is 0 Å². The first kappa shape index (κ1) is 23.3. The summed E-state index contributed by atoms with van der Waals surface area (Å²) in [5, 5.41) is 2.53. The number of sulfonamides is 1. The predicted molar refractivity (Wildman–Crippen MR) is 116 cm³/mol. The molecular formula is C23H21F3N2O3S. The zero-order valence-corrected chi connectivity index (χ0v) is 18.1. The van der Waals surface area contributed by atoms with Crippen LogP contribution in [-0.4, -0.2) is 14.3 Å². The quantitative estimate of drug-likeness (QED) is 0.538. The lowest BCUT2D eigenvalue weighted by Crippen LogP contribution is -2.24. The Bertz CT molecular complexity index is 1240. The van der Waals surface area contributed by atoms with Crippen molar-refractivity contribution in [1.29, 1.82) is 0 Å². The van der Waals surface area contributed by atoms with Crippen molar-refractivity contribution in [2.45, 2.75) is 31.5 Å². The largest absolute Gasteiger partial charge is 0.416 e. The highest BCUT2D eigenvalue weighted by molar-refractivity contribution is 7.92. The van der Waals surface area contributed by atoms with Crippen LogP contribution in [0.25, 0.3) is 0 Å². The Labute approximate surface area is 184 Å². The van der Waals surface area contributed by atoms with E-state index in [0.29, 0.717) is 11.3 Å². The lowest BCUT2D eigenvalue weighted by molar-refractivity contribution is -0.137. The van der Waals surface area contributed by atoms with E-state index in [1.807, 2.05) is 6.92 Å². The highest BCUT2D eigenvalue weighted by Crippen LogP contribution is 2.29. The van der Waals surface area contributed by atoms with Crippen molar-refractivity contribution in [2.75, 3.05) is 4.72 Å². The van der Waals surface area contributed by atoms with Gasteiger partial charge < -0.3 is 5.32 Å². The second-order valence-corrected chi connectivity index (χ2v) is 8.98. The fourth-order valence-electron chi connectivity index (χ4n) is 3.00. The van der Waals surface area contributed by atoms with Crippen molar-refractivity contribution in [2.24, 2.45) is 0 Å². The van der Waals surface area contributed by atoms with Crippen LogP contribution in [0, 0.1) is 13.8 Å². The third kappa shape index (κ3) is 5.67. The summed E-state index contributed by atoms with van der Waals surface area (Å²) in [6.07, 6.45) is -4.48. The molecule has 1 amide bonds. The first-order valence-corrected chi connectivity index (χ1v) is 11.1. The number of aryl methyl sites for hydroxylation is 2. The molecule has 0 fully saturated rings. The first-order valence-electron chi connectivity index (χ1n) is 9.60. The summed E-state index contributed by atoms with van der Waals surface area (Å²) >= 11 is 0. The normalized spacial score (nSPS) is 11.8. The van der Waals surface area contributed by atoms with E-state index in [2.05, 4.69) is 10.0 Å². The van der Waals surface area contributed by atoms with Crippen molar-refractivity contribution in [3.63, 3.8) is 0 Å². The van der Waals surface area contributed by atoms with Gasteiger partial charge in [-0.05, 0) is 61.4 Å². The van der Waals surface area contributed by atoms with Gasteiger partial charge in [0.1, 0.15) is 0 Å². The van der Waals surface area contributed by atoms with Crippen molar-refractivity contribution >= 4 is 21.6 Å². The molecule has 0 aliphatic rings. The lowest BCUT2D eigenvalue weighted by atomic mass is 10.1. The summed E-state index contributed by atoms with van der Waals surface area (Å²) in [6.45, 7) is 3.35. The van der Waals surface area contributed by atoms with Crippen LogP contribution in [0.1, 0.15) is 32.6 Å². The number of anilines is 1. The van der Waals surface area contributed by atoms with E-state index in [4.69, 9.17) is 0 Å². The Balaban J connectivity index is 1.77. The fraction of sp³-hybridized carbons (Fsp3) is 0.174. The van der Waals surface area contributed by atoms with E-state index in [9.17, 15) is 26.4 Å². The lowest BCUT2D eigenvalue weighted by Gasteiger charge is -2.13. The van der Waals surface area contributed by atoms with Gasteiger partial charge in [-0.1, -0.05) is 35.9 Å². The van der Waals surface area contributed by atoms with Crippen LogP contribution < -0.4 is 10.0 Å². The fourth-order valence-corrected chi connectivity index (χ4v) is 4.33. The number of hydrogen-bond acceptors (Lipinski definition) is 3. The van der Waals surface area contributed by atoms with E-state index in [0.717, 1.165) is 17.7 Å². The van der Waals surface area contributed by atoms with Gasteiger partial charge in [0.25, 0.3) is 15.9 Å². The molecule has 0 saturated heterocycles. The zero-order chi connectivity index (χ0) is 23.5. The monoisotopic (exact) mass is 462 g/mol. The minimum Gasteiger partial charge on any atom is -0.348 e. The molecule has 5 nitrogen and oxygen atoms in total. The minimum absolute atomic E-state index is 0.0650. The highest BCUT2D eigenvalue weighted by Gasteiger charge is 2.30. The molecule has 0 aliphatic carbocycles. The van der Waals surface area contributed by atoms with E-state index in [1.165, 1.54) is 30.3 Å². The van der Waals surface area contributed by atoms with Gasteiger partial charge in [-0.15, -0.1) is 0 Å². The van der Waals surface area contributed by atoms with E-state index >= 15 is 0 Å². The van der Waals surface area contributed by atoms with E-state index in [1.54, 1.807) is 31.2 Å². The molecule has 3 aromatic carbocycles. The maximum atomic E-state index is 12.9. The van der Waals surface area contributed by atoms with Crippen LogP contribution in [0.2, 0.25) is 0 Å². The molecular weight excluding hydrogens is 441 g/mol. The summed E-state index contributed by atoms with van der Waals surface area (Å²) < 4.78 is 66.7. The van der Waals surface area contributed by atoms with Crippen molar-refractivity contribution in [3.05, 3.63) is 94.5 Å². The Morgan fingerprint density at radius 2 is 1.62 bits per heavy atom. The van der Waals surface area contributed by atoms with Crippen LogP contribution in [-0.2, 0) is 22.7 Å². The average molecular weight is 462 g/mol. The molecule has 0 saturated carbocycles. The molecule has 0 bridgehead atoms. The summed E-state index contributed by atoms with van der Waals surface area (Å²) in [6, 6.07) is 15.6. The van der Waals surface area contributed by atoms with Gasteiger partial charge in [-0.2, -0.15) is 13.2 Å². The molecule has 0 spiro atoms. The van der Waals surface area contributed by atoms with Crippen LogP contribution >= 0.6 is 0 Å². The van der Waals surface area contributed by atoms with Gasteiger partial charge in [-0.25, -0.2) is 8.42 Å². The maximum absolute atomic E-state index is 12.9. The third-order valence-corrected chi connectivity index (χ3v) is 6.27. The van der Waals surface area contributed by atoms with Crippen molar-refractivity contribution in [1.82, 2.24) is 5.32 Å². The van der Waals surface area contributed by atoms with Crippen molar-refractivity contribution < 1.29 is 26.4 Å². The topological polar surface area (TPSA) is 75.3 Å². The Morgan fingerprint density at radius 1 is 0.938 bits per heavy atom. The van der Waals surface area contributed by atoms with Gasteiger partial charge in [0, 0.05) is 17.8 Å². The summed E-state index contributed by atoms with van der Waals surface area (Å²) in [5.74, 6) is -0.603. The molecule has 32 heavy (non-hydrogen) atoms. The number of carbonyl (C=O) groups is 1. The second kappa shape index (κ2) is 9.04. The van der Waals surface area contributed by atoms with Crippen LogP contribution in [0.15, 0.2) is 71.6 Å². The molecule has 3 rings (SSSR count). The van der Waals surface area contributed by atoms with Crippen molar-refractivity contribution in [3.8, 4) is 0 Å². The van der Waals surface area contributed by atoms with Crippen LogP contribution in [0.4, 0.5) is 18.9 Å². The second-order valence-electron chi connectivity index (χ2n) is 7.33. The highest BCUT2D eigenvalue weighted by atomic mass is 32.2. The van der Waals surface area contributed by atoms with Gasteiger partial charge in [-0.3, -0.25) is 9.52 Å². The van der Waals surface area contributed by atoms with Gasteiger partial charge in [0.15, 0.2) is 0 Å². The summed E-state index contributed by atoms with van der Waals surface area (Å²) in [4.78, 5) is 12.5. The Kier molecular flexibility index (Phi) is 6.59. The summed E-state index contributed by atoms with van der Waals surface area (Å²) in [7, 11) is -3.96. The van der Waals surface area contributed by atoms with Gasteiger partial charge >= 0.3 is 6.18 Å². The molecule has 168 valence electrons. The number of alkyl halides is 3. The maximum Gasteiger partial charge on any atom is 0.416 e. The molecule has 0 unspecified atom stereocenters. The summed E-state index contributed by atoms with van der Waals surface area (Å²) in [5.41, 5.74) is 1.34. The average Bonchev–Trinajstić information content (AvgIpc) is 2.73. The number of amides is 1. The van der Waals surface area contributed by atoms with Gasteiger partial charge in [0.05, 0.1) is 10.5 Å². The number of rotatable bonds is 6. The molecule has 0 radical (unpaired) electrons. The smallest absolute Gasteiger partial charge is 0.348 e. The molecule has 0 heterocycles. The Morgan fingerprint density at radius 3 is 2.28 bits per heavy atom. The standard InChI is InChI=1S/C23H21F3N2O3S/c1-15-6-10-20(11-7-15)28-32(30,31)21-13-18(9-8-16(21)2)22(29)27-14-17-4-3-5-19(12-17)23(24,25)26/h3-13,28H,14H2,1-2H3,(H,27,29). The molecule has 0 aromatic heterocycles. The van der Waals surface area contributed by atoms with Crippen LogP contribution in [0.5, 0.6) is 0 Å². The zero-order valence-electron chi connectivity index (χ0n) is 17.3. The Hall–Kier alpha value is -3.33. The molecule has 3 aromatic rings. The van der Waals surface area contributed by atoms with E-state index in [-0.39, 0.29) is 22.6 Å². The van der Waals surface area contributed by atoms with E-state index < -0.39 is 27.7 Å². The predicted octanol–water partition coefficient (Wildman–Crippen LogP) is 5.05. The molecule has 2 N–H and O–H groups in total. The minimum atomic E-state index is -4.48. The number of halogens is 3. The number of nitrogens with one attached hydrogen (secondary N) is 2. The van der Waals surface area contributed by atoms with Gasteiger partial charge in [0.2, 0.25) is 0 Å². The molecule has 0 aliphatic heterocycles.